The zero-order chi connectivity index (χ0) is 44.7. The molecular formula is C39H53N11O10S. The molecule has 1 aromatic carbocycles. The molecule has 5 amide bonds. The van der Waals surface area contributed by atoms with Gasteiger partial charge in [-0.2, -0.15) is 9.97 Å². The number of primary amides is 1. The van der Waals surface area contributed by atoms with E-state index in [1.807, 2.05) is 6.92 Å². The number of carbonyl (C=O) groups is 5. The lowest BCUT2D eigenvalue weighted by Gasteiger charge is -2.25. The summed E-state index contributed by atoms with van der Waals surface area (Å²) in [6, 6.07) is 2.63. The normalized spacial score (nSPS) is 11.9. The summed E-state index contributed by atoms with van der Waals surface area (Å²) in [7, 11) is 0. The molecule has 0 bridgehead atoms. The van der Waals surface area contributed by atoms with Crippen LogP contribution < -0.4 is 43.2 Å². The van der Waals surface area contributed by atoms with Gasteiger partial charge in [0.05, 0.1) is 57.9 Å². The monoisotopic (exact) mass is 867 g/mol. The Bertz CT molecular complexity index is 2110. The first kappa shape index (κ1) is 49.1. The molecule has 2 aromatic heterocycles. The fourth-order valence-electron chi connectivity index (χ4n) is 5.56. The van der Waals surface area contributed by atoms with Crippen molar-refractivity contribution in [3.63, 3.8) is 0 Å². The van der Waals surface area contributed by atoms with Crippen LogP contribution >= 0.6 is 12.2 Å². The standard InChI is InChI=1S/C39H53N11O10S/c1-5-7-17-60-38-47-32(40)31-33(48-38)49(16-6-2)39(56)50(31)36(54)26-10-12-27(13-11-26)44-34(52)28(9-8-14-43-37(41)55)45-35(53)30(25(3)4)46-29(51)23-59-22-21-58-20-19-57-18-15-42-24-61/h2,10-13,25,28,30H,5,7-9,14-23H2,1,3-4H3,(H,44,52)(H,45,53)(H,46,51)(H2,40,47,48)(H3,41,43,55). The third-order valence-electron chi connectivity index (χ3n) is 8.61. The van der Waals surface area contributed by atoms with Crippen LogP contribution in [0.3, 0.4) is 0 Å². The van der Waals surface area contributed by atoms with Gasteiger partial charge in [0.15, 0.2) is 11.5 Å². The van der Waals surface area contributed by atoms with Crippen molar-refractivity contribution in [1.29, 1.82) is 0 Å². The number of ether oxygens (including phenoxy) is 4. The Balaban J connectivity index is 1.68. The van der Waals surface area contributed by atoms with Crippen LogP contribution in [0.1, 0.15) is 56.8 Å². The molecule has 3 rings (SSSR count). The van der Waals surface area contributed by atoms with E-state index in [0.717, 1.165) is 22.0 Å². The predicted octanol–water partition coefficient (Wildman–Crippen LogP) is 0.841. The van der Waals surface area contributed by atoms with Gasteiger partial charge in [0.25, 0.3) is 5.91 Å². The van der Waals surface area contributed by atoms with E-state index in [1.54, 1.807) is 13.8 Å². The Morgan fingerprint density at radius 2 is 1.64 bits per heavy atom. The van der Waals surface area contributed by atoms with Crippen molar-refractivity contribution in [2.24, 2.45) is 16.6 Å². The number of hydrogen-bond acceptors (Lipinski definition) is 15. The second-order valence-electron chi connectivity index (χ2n) is 13.6. The molecule has 2 unspecified atom stereocenters. The first-order chi connectivity index (χ1) is 29.3. The van der Waals surface area contributed by atoms with Gasteiger partial charge in [-0.25, -0.2) is 19.1 Å². The van der Waals surface area contributed by atoms with Gasteiger partial charge < -0.3 is 51.7 Å². The molecule has 0 saturated carbocycles. The molecule has 8 N–H and O–H groups in total. The van der Waals surface area contributed by atoms with Gasteiger partial charge in [-0.3, -0.25) is 23.7 Å². The van der Waals surface area contributed by atoms with E-state index in [1.165, 1.54) is 24.3 Å². The molecule has 61 heavy (non-hydrogen) atoms. The summed E-state index contributed by atoms with van der Waals surface area (Å²) in [5, 5.41) is 12.7. The smallest absolute Gasteiger partial charge is 0.338 e. The van der Waals surface area contributed by atoms with Crippen molar-refractivity contribution in [1.82, 2.24) is 35.1 Å². The number of carbonyl (C=O) groups excluding carboxylic acids is 5. The quantitative estimate of drug-likeness (QED) is 0.0268. The number of thiocarbonyl (C=S) groups is 1. The van der Waals surface area contributed by atoms with Crippen LogP contribution in [-0.2, 0) is 35.1 Å². The average Bonchev–Trinajstić information content (AvgIpc) is 3.50. The van der Waals surface area contributed by atoms with Crippen LogP contribution in [-0.4, -0.2) is 125 Å². The second kappa shape index (κ2) is 26.1. The van der Waals surface area contributed by atoms with Crippen molar-refractivity contribution < 1.29 is 42.9 Å². The number of anilines is 2. The number of terminal acetylenes is 1. The number of fused-ring (bicyclic) bond motifs is 1. The zero-order valence-corrected chi connectivity index (χ0v) is 35.2. The van der Waals surface area contributed by atoms with Crippen molar-refractivity contribution in [2.45, 2.75) is 65.1 Å². The van der Waals surface area contributed by atoms with Crippen molar-refractivity contribution >= 4 is 69.7 Å². The van der Waals surface area contributed by atoms with Crippen LogP contribution in [0.4, 0.5) is 16.3 Å². The summed E-state index contributed by atoms with van der Waals surface area (Å²) in [6.07, 6.45) is 7.43. The molecule has 2 atom stereocenters. The molecule has 22 heteroatoms. The highest BCUT2D eigenvalue weighted by Crippen LogP contribution is 2.22. The Kier molecular flexibility index (Phi) is 21.0. The Morgan fingerprint density at radius 3 is 2.28 bits per heavy atom. The van der Waals surface area contributed by atoms with Gasteiger partial charge >= 0.3 is 17.7 Å². The highest BCUT2D eigenvalue weighted by molar-refractivity contribution is 7.78. The number of rotatable bonds is 27. The number of aromatic nitrogens is 4. The number of unbranched alkanes of at least 4 members (excludes halogenated alkanes) is 1. The number of aliphatic imine (C=N–C) groups is 1. The Labute approximate surface area is 357 Å². The maximum absolute atomic E-state index is 13.8. The SMILES string of the molecule is C#CCn1c(=O)n(C(=O)c2ccc(NC(=O)C(CCCNC(N)=O)NC(=O)C(NC(=O)COCCOCCOCCN=C=S)C(C)C)cc2)c2c(N)nc(OCCCC)nc21. The molecule has 0 radical (unpaired) electrons. The highest BCUT2D eigenvalue weighted by atomic mass is 32.1. The highest BCUT2D eigenvalue weighted by Gasteiger charge is 2.29. The number of nitrogens with two attached hydrogens (primary N) is 2. The number of hydrogen-bond donors (Lipinski definition) is 6. The predicted molar refractivity (Wildman–Crippen MR) is 228 cm³/mol. The van der Waals surface area contributed by atoms with Gasteiger partial charge in [0.1, 0.15) is 24.2 Å². The minimum Gasteiger partial charge on any atom is -0.463 e. The van der Waals surface area contributed by atoms with Gasteiger partial charge in [-0.05, 0) is 61.7 Å². The molecular weight excluding hydrogens is 815 g/mol. The average molecular weight is 868 g/mol. The summed E-state index contributed by atoms with van der Waals surface area (Å²) in [5.74, 6) is -0.766. The Morgan fingerprint density at radius 1 is 0.951 bits per heavy atom. The van der Waals surface area contributed by atoms with E-state index >= 15 is 0 Å². The maximum Gasteiger partial charge on any atom is 0.338 e. The van der Waals surface area contributed by atoms with E-state index in [0.29, 0.717) is 33.0 Å². The fraction of sp³-hybridized carbons (Fsp3) is 0.513. The number of benzene rings is 1. The molecule has 0 saturated heterocycles. The van der Waals surface area contributed by atoms with E-state index < -0.39 is 47.4 Å². The summed E-state index contributed by atoms with van der Waals surface area (Å²) >= 11 is 4.48. The van der Waals surface area contributed by atoms with Gasteiger partial charge in [-0.1, -0.05) is 33.1 Å². The summed E-state index contributed by atoms with van der Waals surface area (Å²) in [5.41, 5.74) is 10.9. The van der Waals surface area contributed by atoms with Gasteiger partial charge in [-0.15, -0.1) is 6.42 Å². The molecule has 0 fully saturated rings. The lowest BCUT2D eigenvalue weighted by Crippen LogP contribution is -2.55. The van der Waals surface area contributed by atoms with Crippen LogP contribution in [0.5, 0.6) is 6.01 Å². The Hall–Kier alpha value is -6.24. The topological polar surface area (TPSA) is 288 Å². The number of nitrogen functional groups attached to an aromatic ring is 1. The number of nitrogens with one attached hydrogen (secondary N) is 4. The van der Waals surface area contributed by atoms with E-state index in [9.17, 15) is 28.8 Å². The van der Waals surface area contributed by atoms with E-state index in [4.69, 9.17) is 36.8 Å². The number of amides is 5. The molecule has 0 aliphatic heterocycles. The molecule has 0 aliphatic carbocycles. The van der Waals surface area contributed by atoms with Crippen molar-refractivity contribution in [3.05, 3.63) is 40.3 Å². The summed E-state index contributed by atoms with van der Waals surface area (Å²) in [4.78, 5) is 90.5. The van der Waals surface area contributed by atoms with Crippen LogP contribution in [0.2, 0.25) is 0 Å². The second-order valence-corrected chi connectivity index (χ2v) is 13.8. The van der Waals surface area contributed by atoms with Crippen LogP contribution in [0.25, 0.3) is 11.2 Å². The van der Waals surface area contributed by atoms with Gasteiger partial charge in [0.2, 0.25) is 17.7 Å². The number of imidazole rings is 1. The summed E-state index contributed by atoms with van der Waals surface area (Å²) in [6.45, 7) is 7.12. The third-order valence-corrected chi connectivity index (χ3v) is 8.74. The summed E-state index contributed by atoms with van der Waals surface area (Å²) < 4.78 is 23.6. The first-order valence-electron chi connectivity index (χ1n) is 19.5. The zero-order valence-electron chi connectivity index (χ0n) is 34.4. The number of urea groups is 1. The molecule has 21 nitrogen and oxygen atoms in total. The largest absolute Gasteiger partial charge is 0.463 e. The maximum atomic E-state index is 13.8. The molecule has 0 aliphatic rings. The minimum atomic E-state index is -1.13. The molecule has 3 aromatic rings. The fourth-order valence-corrected chi connectivity index (χ4v) is 5.65. The third kappa shape index (κ3) is 15.7. The van der Waals surface area contributed by atoms with Crippen LogP contribution in [0.15, 0.2) is 34.1 Å². The van der Waals surface area contributed by atoms with Crippen LogP contribution in [0, 0.1) is 18.3 Å². The van der Waals surface area contributed by atoms with Gasteiger partial charge in [0, 0.05) is 17.8 Å². The number of isothiocyanates is 1. The molecule has 0 spiro atoms. The van der Waals surface area contributed by atoms with E-state index in [2.05, 4.69) is 59.5 Å². The lowest BCUT2D eigenvalue weighted by atomic mass is 10.0. The van der Waals surface area contributed by atoms with Crippen molar-refractivity contribution in [2.75, 3.05) is 70.4 Å². The van der Waals surface area contributed by atoms with Crippen molar-refractivity contribution in [3.8, 4) is 18.4 Å². The minimum absolute atomic E-state index is 0.0239. The molecule has 2 heterocycles. The first-order valence-corrected chi connectivity index (χ1v) is 19.9. The van der Waals surface area contributed by atoms with E-state index in [-0.39, 0.29) is 85.9 Å². The number of nitrogens with zero attached hydrogens (tertiary/aromatic N) is 5. The molecule has 330 valence electrons. The lowest BCUT2D eigenvalue weighted by molar-refractivity contribution is -0.134.